The van der Waals surface area contributed by atoms with Crippen LogP contribution in [-0.2, 0) is 24.9 Å². The summed E-state index contributed by atoms with van der Waals surface area (Å²) in [5.74, 6) is -0.0521. The maximum absolute atomic E-state index is 12.8. The van der Waals surface area contributed by atoms with Crippen molar-refractivity contribution < 1.29 is 4.79 Å². The van der Waals surface area contributed by atoms with Gasteiger partial charge in [0.25, 0.3) is 5.56 Å². The molecule has 9 nitrogen and oxygen atoms in total. The van der Waals surface area contributed by atoms with Gasteiger partial charge < -0.3 is 5.32 Å². The van der Waals surface area contributed by atoms with Gasteiger partial charge >= 0.3 is 5.69 Å². The smallest absolute Gasteiger partial charge is 0.332 e. The van der Waals surface area contributed by atoms with Crippen LogP contribution in [0.3, 0.4) is 0 Å². The van der Waals surface area contributed by atoms with Gasteiger partial charge in [-0.1, -0.05) is 36.4 Å². The van der Waals surface area contributed by atoms with Gasteiger partial charge in [-0.05, 0) is 11.6 Å². The second-order valence-electron chi connectivity index (χ2n) is 6.67. The third kappa shape index (κ3) is 3.72. The second kappa shape index (κ2) is 8.08. The largest absolute Gasteiger partial charge is 0.350 e. The lowest BCUT2D eigenvalue weighted by atomic mass is 10.2. The van der Waals surface area contributed by atoms with E-state index in [0.29, 0.717) is 5.82 Å². The van der Waals surface area contributed by atoms with E-state index in [4.69, 9.17) is 0 Å². The van der Waals surface area contributed by atoms with Gasteiger partial charge in [-0.25, -0.2) is 14.8 Å². The quantitative estimate of drug-likeness (QED) is 0.530. The molecule has 0 bridgehead atoms. The van der Waals surface area contributed by atoms with E-state index in [1.807, 2.05) is 36.4 Å². The number of aromatic nitrogens is 5. The van der Waals surface area contributed by atoms with Crippen LogP contribution in [0.1, 0.15) is 5.56 Å². The van der Waals surface area contributed by atoms with Crippen LogP contribution < -0.4 is 16.6 Å². The van der Waals surface area contributed by atoms with E-state index in [2.05, 4.69) is 20.3 Å². The van der Waals surface area contributed by atoms with E-state index in [1.165, 1.54) is 17.8 Å². The van der Waals surface area contributed by atoms with E-state index < -0.39 is 23.7 Å². The number of hydrogen-bond acceptors (Lipinski definition) is 6. The fraction of sp³-hybridized carbons (Fsp3) is 0.143. The summed E-state index contributed by atoms with van der Waals surface area (Å²) in [6.45, 7) is -0.152. The number of nitrogens with one attached hydrogen (secondary N) is 1. The van der Waals surface area contributed by atoms with Crippen molar-refractivity contribution in [3.63, 3.8) is 0 Å². The first-order valence-electron chi connectivity index (χ1n) is 9.22. The summed E-state index contributed by atoms with van der Waals surface area (Å²) < 4.78 is 2.13. The van der Waals surface area contributed by atoms with Crippen molar-refractivity contribution in [1.82, 2.24) is 29.4 Å². The van der Waals surface area contributed by atoms with Crippen molar-refractivity contribution in [2.24, 2.45) is 7.05 Å². The van der Waals surface area contributed by atoms with Crippen molar-refractivity contribution in [3.8, 4) is 11.4 Å². The average Bonchev–Trinajstić information content (AvgIpc) is 2.80. The monoisotopic (exact) mass is 402 g/mol. The van der Waals surface area contributed by atoms with Gasteiger partial charge in [0, 0.05) is 37.7 Å². The number of fused-ring (bicyclic) bond motifs is 1. The van der Waals surface area contributed by atoms with E-state index in [0.717, 1.165) is 15.7 Å². The van der Waals surface area contributed by atoms with E-state index in [1.54, 1.807) is 18.5 Å². The van der Waals surface area contributed by atoms with Crippen molar-refractivity contribution in [2.45, 2.75) is 13.1 Å². The summed E-state index contributed by atoms with van der Waals surface area (Å²) in [6, 6.07) is 12.8. The Hall–Kier alpha value is -4.14. The van der Waals surface area contributed by atoms with Gasteiger partial charge in [0.2, 0.25) is 5.91 Å². The van der Waals surface area contributed by atoms with Crippen LogP contribution in [0.15, 0.2) is 70.6 Å². The molecule has 3 heterocycles. The van der Waals surface area contributed by atoms with Gasteiger partial charge in [-0.15, -0.1) is 0 Å². The predicted molar refractivity (Wildman–Crippen MR) is 111 cm³/mol. The lowest BCUT2D eigenvalue weighted by molar-refractivity contribution is -0.121. The molecular weight excluding hydrogens is 384 g/mol. The maximum Gasteiger partial charge on any atom is 0.332 e. The van der Waals surface area contributed by atoms with E-state index in [-0.39, 0.29) is 17.6 Å². The Balaban J connectivity index is 1.65. The normalized spacial score (nSPS) is 10.8. The summed E-state index contributed by atoms with van der Waals surface area (Å²) in [7, 11) is 1.51. The summed E-state index contributed by atoms with van der Waals surface area (Å²) >= 11 is 0. The van der Waals surface area contributed by atoms with E-state index in [9.17, 15) is 14.4 Å². The molecule has 30 heavy (non-hydrogen) atoms. The third-order valence-corrected chi connectivity index (χ3v) is 4.63. The molecular formula is C21H18N6O3. The van der Waals surface area contributed by atoms with Crippen molar-refractivity contribution in [3.05, 3.63) is 87.5 Å². The SMILES string of the molecule is Cn1c(=O)n(CC(=O)NCc2cccnc2)c(=O)c2cnc(-c3ccccc3)nc21. The highest BCUT2D eigenvalue weighted by molar-refractivity contribution is 5.78. The molecule has 1 aromatic carbocycles. The predicted octanol–water partition coefficient (Wildman–Crippen LogP) is 0.869. The Kier molecular flexibility index (Phi) is 5.17. The molecule has 0 fully saturated rings. The zero-order chi connectivity index (χ0) is 21.1. The van der Waals surface area contributed by atoms with E-state index >= 15 is 0 Å². The first-order chi connectivity index (χ1) is 14.5. The first kappa shape index (κ1) is 19.2. The van der Waals surface area contributed by atoms with Gasteiger partial charge in [0.05, 0.1) is 0 Å². The second-order valence-corrected chi connectivity index (χ2v) is 6.67. The molecule has 4 rings (SSSR count). The highest BCUT2D eigenvalue weighted by atomic mass is 16.2. The molecule has 9 heteroatoms. The number of amides is 1. The number of rotatable bonds is 5. The molecule has 0 atom stereocenters. The third-order valence-electron chi connectivity index (χ3n) is 4.63. The molecule has 4 aromatic rings. The number of carbonyl (C=O) groups is 1. The fourth-order valence-corrected chi connectivity index (χ4v) is 3.05. The average molecular weight is 402 g/mol. The number of hydrogen-bond donors (Lipinski definition) is 1. The highest BCUT2D eigenvalue weighted by Gasteiger charge is 2.16. The zero-order valence-corrected chi connectivity index (χ0v) is 16.1. The van der Waals surface area contributed by atoms with Crippen molar-refractivity contribution >= 4 is 16.9 Å². The minimum atomic E-state index is -0.623. The molecule has 0 saturated heterocycles. The maximum atomic E-state index is 12.8. The molecule has 0 spiro atoms. The molecule has 0 saturated carbocycles. The molecule has 0 unspecified atom stereocenters. The lowest BCUT2D eigenvalue weighted by Gasteiger charge is -2.11. The first-order valence-corrected chi connectivity index (χ1v) is 9.22. The molecule has 3 aromatic heterocycles. The van der Waals surface area contributed by atoms with Gasteiger partial charge in [-0.2, -0.15) is 0 Å². The van der Waals surface area contributed by atoms with Crippen LogP contribution in [0, 0.1) is 0 Å². The summed E-state index contributed by atoms with van der Waals surface area (Å²) in [5.41, 5.74) is 0.564. The van der Waals surface area contributed by atoms with Crippen LogP contribution in [0.25, 0.3) is 22.4 Å². The zero-order valence-electron chi connectivity index (χ0n) is 16.1. The summed E-state index contributed by atoms with van der Waals surface area (Å²) in [6.07, 6.45) is 4.65. The topological polar surface area (TPSA) is 112 Å². The highest BCUT2D eigenvalue weighted by Crippen LogP contribution is 2.15. The minimum absolute atomic E-state index is 0.164. The minimum Gasteiger partial charge on any atom is -0.350 e. The van der Waals surface area contributed by atoms with Gasteiger partial charge in [-0.3, -0.25) is 23.7 Å². The van der Waals surface area contributed by atoms with Crippen LogP contribution in [0.2, 0.25) is 0 Å². The number of benzene rings is 1. The summed E-state index contributed by atoms with van der Waals surface area (Å²) in [4.78, 5) is 50.5. The molecule has 150 valence electrons. The lowest BCUT2D eigenvalue weighted by Crippen LogP contribution is -2.43. The van der Waals surface area contributed by atoms with Crippen LogP contribution >= 0.6 is 0 Å². The molecule has 0 aliphatic rings. The number of pyridine rings is 1. The Bertz CT molecular complexity index is 1330. The van der Waals surface area contributed by atoms with Crippen LogP contribution in [0.5, 0.6) is 0 Å². The standard InChI is InChI=1S/C21H18N6O3/c1-26-19-16(12-24-18(25-19)15-7-3-2-4-8-15)20(29)27(21(26)30)13-17(28)23-11-14-6-5-9-22-10-14/h2-10,12H,11,13H2,1H3,(H,23,28). The van der Waals surface area contributed by atoms with Crippen molar-refractivity contribution in [2.75, 3.05) is 0 Å². The number of carbonyl (C=O) groups excluding carboxylic acids is 1. The molecule has 1 N–H and O–H groups in total. The Morgan fingerprint density at radius 1 is 1.07 bits per heavy atom. The number of aryl methyl sites for hydroxylation is 1. The summed E-state index contributed by atoms with van der Waals surface area (Å²) in [5, 5.41) is 2.85. The molecule has 0 radical (unpaired) electrons. The van der Waals surface area contributed by atoms with Crippen LogP contribution in [0.4, 0.5) is 0 Å². The van der Waals surface area contributed by atoms with Crippen molar-refractivity contribution in [1.29, 1.82) is 0 Å². The molecule has 1 amide bonds. The van der Waals surface area contributed by atoms with Crippen LogP contribution in [-0.4, -0.2) is 30.0 Å². The van der Waals surface area contributed by atoms with Gasteiger partial charge in [0.1, 0.15) is 11.9 Å². The Labute approximate surface area is 170 Å². The Morgan fingerprint density at radius 3 is 2.60 bits per heavy atom. The fourth-order valence-electron chi connectivity index (χ4n) is 3.05. The molecule has 0 aliphatic carbocycles. The van der Waals surface area contributed by atoms with Gasteiger partial charge in [0.15, 0.2) is 11.5 Å². The Morgan fingerprint density at radius 2 is 1.87 bits per heavy atom. The molecule has 0 aliphatic heterocycles. The number of nitrogens with zero attached hydrogens (tertiary/aromatic N) is 5.